The summed E-state index contributed by atoms with van der Waals surface area (Å²) in [4.78, 5) is 0. The maximum atomic E-state index is 5.82. The average Bonchev–Trinajstić information content (AvgIpc) is 2.92. The number of nitrogens with one attached hydrogen (secondary N) is 1. The summed E-state index contributed by atoms with van der Waals surface area (Å²) < 4.78 is 5.82. The normalized spacial score (nSPS) is 31.4. The van der Waals surface area contributed by atoms with E-state index in [9.17, 15) is 0 Å². The maximum absolute atomic E-state index is 5.82. The fourth-order valence-electron chi connectivity index (χ4n) is 4.28. The van der Waals surface area contributed by atoms with Gasteiger partial charge in [0.25, 0.3) is 0 Å². The third-order valence-corrected chi connectivity index (χ3v) is 5.56. The predicted octanol–water partition coefficient (Wildman–Crippen LogP) is 4.53. The molecule has 20 heavy (non-hydrogen) atoms. The van der Waals surface area contributed by atoms with Gasteiger partial charge in [0.15, 0.2) is 0 Å². The fraction of sp³-hybridized carbons (Fsp3) is 1.00. The van der Waals surface area contributed by atoms with E-state index in [0.29, 0.717) is 17.6 Å². The highest BCUT2D eigenvalue weighted by Gasteiger charge is 2.37. The van der Waals surface area contributed by atoms with Gasteiger partial charge >= 0.3 is 0 Å². The fourth-order valence-corrected chi connectivity index (χ4v) is 4.28. The van der Waals surface area contributed by atoms with Crippen molar-refractivity contribution >= 4 is 0 Å². The summed E-state index contributed by atoms with van der Waals surface area (Å²) >= 11 is 0. The molecule has 1 saturated carbocycles. The molecule has 0 aromatic carbocycles. The summed E-state index contributed by atoms with van der Waals surface area (Å²) in [6, 6.07) is 0.703. The summed E-state index contributed by atoms with van der Waals surface area (Å²) in [6.07, 6.45) is 12.6. The Balaban J connectivity index is 1.90. The molecule has 0 aromatic heterocycles. The van der Waals surface area contributed by atoms with Crippen molar-refractivity contribution < 1.29 is 4.74 Å². The zero-order valence-electron chi connectivity index (χ0n) is 13.9. The van der Waals surface area contributed by atoms with Crippen LogP contribution in [0.5, 0.6) is 0 Å². The van der Waals surface area contributed by atoms with Gasteiger partial charge in [0, 0.05) is 12.6 Å². The second-order valence-electron chi connectivity index (χ2n) is 7.61. The lowest BCUT2D eigenvalue weighted by Gasteiger charge is -2.44. The van der Waals surface area contributed by atoms with E-state index in [0.717, 1.165) is 12.5 Å². The molecule has 1 N–H and O–H groups in total. The van der Waals surface area contributed by atoms with Crippen LogP contribution in [-0.4, -0.2) is 25.3 Å². The van der Waals surface area contributed by atoms with E-state index in [1.807, 2.05) is 0 Å². The number of ether oxygens (including phenoxy) is 1. The van der Waals surface area contributed by atoms with Gasteiger partial charge in [-0.25, -0.2) is 0 Å². The SMILES string of the molecule is CCCNC(CCC1CCCO1)C1CCCCC1(C)C. The van der Waals surface area contributed by atoms with Gasteiger partial charge in [0.05, 0.1) is 6.10 Å². The minimum atomic E-state index is 0.514. The van der Waals surface area contributed by atoms with E-state index >= 15 is 0 Å². The van der Waals surface area contributed by atoms with Crippen LogP contribution in [0, 0.1) is 11.3 Å². The molecule has 0 amide bonds. The van der Waals surface area contributed by atoms with Crippen molar-refractivity contribution in [2.75, 3.05) is 13.2 Å². The van der Waals surface area contributed by atoms with Crippen LogP contribution in [-0.2, 0) is 4.74 Å². The van der Waals surface area contributed by atoms with Crippen LogP contribution in [0.2, 0.25) is 0 Å². The van der Waals surface area contributed by atoms with Crippen molar-refractivity contribution in [3.8, 4) is 0 Å². The third-order valence-electron chi connectivity index (χ3n) is 5.56. The molecule has 2 heteroatoms. The van der Waals surface area contributed by atoms with Gasteiger partial charge in [0.2, 0.25) is 0 Å². The van der Waals surface area contributed by atoms with Crippen molar-refractivity contribution in [2.24, 2.45) is 11.3 Å². The van der Waals surface area contributed by atoms with Crippen molar-refractivity contribution in [3.05, 3.63) is 0 Å². The summed E-state index contributed by atoms with van der Waals surface area (Å²) in [5.74, 6) is 0.851. The topological polar surface area (TPSA) is 21.3 Å². The first-order chi connectivity index (χ1) is 9.63. The lowest BCUT2D eigenvalue weighted by Crippen LogP contribution is -2.45. The van der Waals surface area contributed by atoms with Gasteiger partial charge in [0.1, 0.15) is 0 Å². The van der Waals surface area contributed by atoms with Crippen molar-refractivity contribution in [2.45, 2.75) is 90.7 Å². The Morgan fingerprint density at radius 1 is 1.20 bits per heavy atom. The minimum Gasteiger partial charge on any atom is -0.378 e. The Hall–Kier alpha value is -0.0800. The quantitative estimate of drug-likeness (QED) is 0.740. The Kier molecular flexibility index (Phi) is 6.35. The van der Waals surface area contributed by atoms with E-state index < -0.39 is 0 Å². The third kappa shape index (κ3) is 4.46. The standard InChI is InChI=1S/C18H35NO/c1-4-13-19-17(11-10-15-8-7-14-20-15)16-9-5-6-12-18(16,2)3/h15-17,19H,4-14H2,1-3H3. The molecule has 1 saturated heterocycles. The first-order valence-electron chi connectivity index (χ1n) is 8.98. The predicted molar refractivity (Wildman–Crippen MR) is 86.0 cm³/mol. The highest BCUT2D eigenvalue weighted by molar-refractivity contribution is 4.91. The van der Waals surface area contributed by atoms with Crippen molar-refractivity contribution in [1.29, 1.82) is 0 Å². The average molecular weight is 281 g/mol. The Bertz CT molecular complexity index is 271. The van der Waals surface area contributed by atoms with Gasteiger partial charge in [-0.3, -0.25) is 0 Å². The molecule has 0 spiro atoms. The molecular formula is C18H35NO. The molecule has 3 atom stereocenters. The molecule has 3 unspecified atom stereocenters. The second kappa shape index (κ2) is 7.79. The molecule has 0 bridgehead atoms. The first kappa shape index (κ1) is 16.3. The monoisotopic (exact) mass is 281 g/mol. The van der Waals surface area contributed by atoms with Gasteiger partial charge < -0.3 is 10.1 Å². The van der Waals surface area contributed by atoms with Crippen LogP contribution < -0.4 is 5.32 Å². The summed E-state index contributed by atoms with van der Waals surface area (Å²) in [5, 5.41) is 3.86. The van der Waals surface area contributed by atoms with Gasteiger partial charge in [-0.05, 0) is 62.8 Å². The van der Waals surface area contributed by atoms with Crippen LogP contribution in [0.4, 0.5) is 0 Å². The van der Waals surface area contributed by atoms with E-state index in [1.54, 1.807) is 0 Å². The maximum Gasteiger partial charge on any atom is 0.0576 e. The molecule has 1 aliphatic carbocycles. The lowest BCUT2D eigenvalue weighted by molar-refractivity contribution is 0.0707. The Morgan fingerprint density at radius 3 is 2.70 bits per heavy atom. The van der Waals surface area contributed by atoms with E-state index in [4.69, 9.17) is 4.74 Å². The summed E-state index contributed by atoms with van der Waals surface area (Å²) in [6.45, 7) is 9.42. The molecular weight excluding hydrogens is 246 g/mol. The zero-order valence-corrected chi connectivity index (χ0v) is 13.9. The molecule has 2 rings (SSSR count). The van der Waals surface area contributed by atoms with Crippen molar-refractivity contribution in [1.82, 2.24) is 5.32 Å². The Labute approximate surface area is 126 Å². The molecule has 1 heterocycles. The Morgan fingerprint density at radius 2 is 2.05 bits per heavy atom. The largest absolute Gasteiger partial charge is 0.378 e. The molecule has 2 fully saturated rings. The second-order valence-corrected chi connectivity index (χ2v) is 7.61. The highest BCUT2D eigenvalue weighted by Crippen LogP contribution is 2.43. The highest BCUT2D eigenvalue weighted by atomic mass is 16.5. The van der Waals surface area contributed by atoms with Crippen LogP contribution >= 0.6 is 0 Å². The van der Waals surface area contributed by atoms with E-state index in [1.165, 1.54) is 64.3 Å². The molecule has 2 aliphatic rings. The molecule has 0 radical (unpaired) electrons. The molecule has 118 valence electrons. The summed E-state index contributed by atoms with van der Waals surface area (Å²) in [7, 11) is 0. The lowest BCUT2D eigenvalue weighted by atomic mass is 9.65. The van der Waals surface area contributed by atoms with Crippen LogP contribution in [0.25, 0.3) is 0 Å². The molecule has 2 nitrogen and oxygen atoms in total. The first-order valence-corrected chi connectivity index (χ1v) is 8.98. The number of hydrogen-bond acceptors (Lipinski definition) is 2. The van der Waals surface area contributed by atoms with Gasteiger partial charge in [-0.2, -0.15) is 0 Å². The van der Waals surface area contributed by atoms with E-state index in [2.05, 4.69) is 26.1 Å². The number of hydrogen-bond donors (Lipinski definition) is 1. The molecule has 1 aliphatic heterocycles. The zero-order chi connectivity index (χ0) is 14.4. The van der Waals surface area contributed by atoms with Crippen molar-refractivity contribution in [3.63, 3.8) is 0 Å². The number of rotatable bonds is 7. The van der Waals surface area contributed by atoms with Crippen LogP contribution in [0.15, 0.2) is 0 Å². The summed E-state index contributed by atoms with van der Waals surface area (Å²) in [5.41, 5.74) is 0.514. The van der Waals surface area contributed by atoms with E-state index in [-0.39, 0.29) is 0 Å². The van der Waals surface area contributed by atoms with Gasteiger partial charge in [-0.1, -0.05) is 33.6 Å². The smallest absolute Gasteiger partial charge is 0.0576 e. The van der Waals surface area contributed by atoms with Crippen LogP contribution in [0.3, 0.4) is 0 Å². The minimum absolute atomic E-state index is 0.514. The van der Waals surface area contributed by atoms with Crippen LogP contribution in [0.1, 0.15) is 78.6 Å². The van der Waals surface area contributed by atoms with Gasteiger partial charge in [-0.15, -0.1) is 0 Å². The molecule has 0 aromatic rings.